The van der Waals surface area contributed by atoms with Crippen LogP contribution in [0.2, 0.25) is 0 Å². The number of ether oxygens (including phenoxy) is 1. The highest BCUT2D eigenvalue weighted by atomic mass is 19.4. The first-order valence-corrected chi connectivity index (χ1v) is 6.27. The number of para-hydroxylation sites is 1. The van der Waals surface area contributed by atoms with Crippen molar-refractivity contribution in [2.75, 3.05) is 6.61 Å². The molecular weight excluding hydrogens is 267 g/mol. The van der Waals surface area contributed by atoms with E-state index in [4.69, 9.17) is 4.74 Å². The minimum atomic E-state index is -4.36. The van der Waals surface area contributed by atoms with E-state index >= 15 is 0 Å². The van der Waals surface area contributed by atoms with Crippen LogP contribution < -0.4 is 4.74 Å². The van der Waals surface area contributed by atoms with E-state index in [0.29, 0.717) is 5.52 Å². The first kappa shape index (κ1) is 14.6. The summed E-state index contributed by atoms with van der Waals surface area (Å²) in [5.41, 5.74) is 1.52. The van der Waals surface area contributed by atoms with Crippen molar-refractivity contribution in [3.8, 4) is 5.88 Å². The van der Waals surface area contributed by atoms with E-state index in [9.17, 15) is 13.2 Å². The second-order valence-electron chi connectivity index (χ2n) is 5.68. The number of hydrogen-bond donors (Lipinski definition) is 0. The summed E-state index contributed by atoms with van der Waals surface area (Å²) in [5, 5.41) is 0.886. The number of halogens is 3. The van der Waals surface area contributed by atoms with Crippen LogP contribution in [0.3, 0.4) is 0 Å². The molecule has 0 bridgehead atoms. The average Bonchev–Trinajstić information content (AvgIpc) is 2.33. The Balaban J connectivity index is 2.42. The zero-order valence-electron chi connectivity index (χ0n) is 11.6. The molecule has 0 saturated heterocycles. The molecular formula is C15H16F3NO. The van der Waals surface area contributed by atoms with Crippen molar-refractivity contribution in [3.63, 3.8) is 0 Å². The van der Waals surface area contributed by atoms with E-state index in [1.54, 1.807) is 6.07 Å². The molecule has 0 saturated carbocycles. The monoisotopic (exact) mass is 283 g/mol. The molecule has 1 heterocycles. The second kappa shape index (κ2) is 4.96. The van der Waals surface area contributed by atoms with E-state index in [1.165, 1.54) is 6.07 Å². The lowest BCUT2D eigenvalue weighted by molar-refractivity contribution is -0.154. The Labute approximate surface area is 115 Å². The van der Waals surface area contributed by atoms with Crippen LogP contribution in [0.15, 0.2) is 30.3 Å². The standard InChI is InChI=1S/C15H16F3NO/c1-14(2,3)11-6-4-5-10-7-8-12(19-13(10)11)20-9-15(16,17)18/h4-8H,9H2,1-3H3. The first-order valence-electron chi connectivity index (χ1n) is 6.27. The SMILES string of the molecule is CC(C)(C)c1cccc2ccc(OCC(F)(F)F)nc12. The predicted octanol–water partition coefficient (Wildman–Crippen LogP) is 4.47. The lowest BCUT2D eigenvalue weighted by Crippen LogP contribution is -2.19. The molecule has 0 aliphatic carbocycles. The van der Waals surface area contributed by atoms with Crippen LogP contribution in [0.25, 0.3) is 10.9 Å². The van der Waals surface area contributed by atoms with Crippen LogP contribution in [0.1, 0.15) is 26.3 Å². The summed E-state index contributed by atoms with van der Waals surface area (Å²) in [5.74, 6) is -0.00785. The Hall–Kier alpha value is -1.78. The molecule has 0 aliphatic heterocycles. The van der Waals surface area contributed by atoms with Crippen LogP contribution in [-0.4, -0.2) is 17.8 Å². The smallest absolute Gasteiger partial charge is 0.422 e. The first-order chi connectivity index (χ1) is 9.17. The number of aromatic nitrogens is 1. The van der Waals surface area contributed by atoms with Gasteiger partial charge in [-0.2, -0.15) is 13.2 Å². The predicted molar refractivity (Wildman–Crippen MR) is 72.0 cm³/mol. The van der Waals surface area contributed by atoms with Gasteiger partial charge in [-0.3, -0.25) is 0 Å². The highest BCUT2D eigenvalue weighted by molar-refractivity contribution is 5.83. The highest BCUT2D eigenvalue weighted by Crippen LogP contribution is 2.30. The number of hydrogen-bond acceptors (Lipinski definition) is 2. The molecule has 108 valence electrons. The van der Waals surface area contributed by atoms with Crippen molar-refractivity contribution < 1.29 is 17.9 Å². The fourth-order valence-electron chi connectivity index (χ4n) is 1.97. The van der Waals surface area contributed by atoms with Gasteiger partial charge >= 0.3 is 6.18 Å². The minimum Gasteiger partial charge on any atom is -0.468 e. The van der Waals surface area contributed by atoms with Gasteiger partial charge in [0.05, 0.1) is 5.52 Å². The Morgan fingerprint density at radius 1 is 1.05 bits per heavy atom. The lowest BCUT2D eigenvalue weighted by Gasteiger charge is -2.21. The molecule has 0 aliphatic rings. The Morgan fingerprint density at radius 3 is 2.35 bits per heavy atom. The molecule has 2 aromatic rings. The third-order valence-corrected chi connectivity index (χ3v) is 2.89. The lowest BCUT2D eigenvalue weighted by atomic mass is 9.85. The largest absolute Gasteiger partial charge is 0.468 e. The second-order valence-corrected chi connectivity index (χ2v) is 5.68. The van der Waals surface area contributed by atoms with Crippen molar-refractivity contribution in [2.45, 2.75) is 32.4 Å². The van der Waals surface area contributed by atoms with Gasteiger partial charge in [0.2, 0.25) is 5.88 Å². The van der Waals surface area contributed by atoms with E-state index in [-0.39, 0.29) is 11.3 Å². The number of rotatable bonds is 2. The maximum absolute atomic E-state index is 12.2. The maximum Gasteiger partial charge on any atom is 0.422 e. The normalized spacial score (nSPS) is 12.7. The third-order valence-electron chi connectivity index (χ3n) is 2.89. The molecule has 0 unspecified atom stereocenters. The van der Waals surface area contributed by atoms with Gasteiger partial charge in [0, 0.05) is 11.5 Å². The zero-order valence-corrected chi connectivity index (χ0v) is 11.6. The summed E-state index contributed by atoms with van der Waals surface area (Å²) < 4.78 is 41.2. The summed E-state index contributed by atoms with van der Waals surface area (Å²) in [4.78, 5) is 4.22. The summed E-state index contributed by atoms with van der Waals surface area (Å²) in [6, 6.07) is 8.92. The third kappa shape index (κ3) is 3.40. The molecule has 2 nitrogen and oxygen atoms in total. The topological polar surface area (TPSA) is 22.1 Å². The summed E-state index contributed by atoms with van der Waals surface area (Å²) >= 11 is 0. The van der Waals surface area contributed by atoms with Crippen molar-refractivity contribution >= 4 is 10.9 Å². The molecule has 1 aromatic heterocycles. The van der Waals surface area contributed by atoms with Gasteiger partial charge in [0.25, 0.3) is 0 Å². The fraction of sp³-hybridized carbons (Fsp3) is 0.400. The quantitative estimate of drug-likeness (QED) is 0.811. The van der Waals surface area contributed by atoms with Crippen LogP contribution >= 0.6 is 0 Å². The Kier molecular flexibility index (Phi) is 3.63. The average molecular weight is 283 g/mol. The van der Waals surface area contributed by atoms with Gasteiger partial charge in [0.1, 0.15) is 0 Å². The summed E-state index contributed by atoms with van der Waals surface area (Å²) in [7, 11) is 0. The number of fused-ring (bicyclic) bond motifs is 1. The maximum atomic E-state index is 12.2. The summed E-state index contributed by atoms with van der Waals surface area (Å²) in [6.07, 6.45) is -4.36. The molecule has 0 atom stereocenters. The molecule has 0 fully saturated rings. The van der Waals surface area contributed by atoms with E-state index in [0.717, 1.165) is 10.9 Å². The number of nitrogens with zero attached hydrogens (tertiary/aromatic N) is 1. The van der Waals surface area contributed by atoms with Gasteiger partial charge in [-0.05, 0) is 17.0 Å². The Morgan fingerprint density at radius 2 is 1.75 bits per heavy atom. The number of benzene rings is 1. The zero-order chi connectivity index (χ0) is 15.0. The van der Waals surface area contributed by atoms with E-state index < -0.39 is 12.8 Å². The van der Waals surface area contributed by atoms with Gasteiger partial charge in [0.15, 0.2) is 6.61 Å². The molecule has 0 N–H and O–H groups in total. The Bertz CT molecular complexity index is 615. The van der Waals surface area contributed by atoms with Crippen LogP contribution in [0.5, 0.6) is 5.88 Å². The fourth-order valence-corrected chi connectivity index (χ4v) is 1.97. The van der Waals surface area contributed by atoms with E-state index in [2.05, 4.69) is 4.98 Å². The number of alkyl halides is 3. The van der Waals surface area contributed by atoms with Crippen molar-refractivity contribution in [3.05, 3.63) is 35.9 Å². The van der Waals surface area contributed by atoms with Crippen LogP contribution in [0.4, 0.5) is 13.2 Å². The summed E-state index contributed by atoms with van der Waals surface area (Å²) in [6.45, 7) is 4.77. The van der Waals surface area contributed by atoms with Crippen molar-refractivity contribution in [1.29, 1.82) is 0 Å². The minimum absolute atomic E-state index is 0.00785. The molecule has 20 heavy (non-hydrogen) atoms. The van der Waals surface area contributed by atoms with Crippen molar-refractivity contribution in [2.24, 2.45) is 0 Å². The van der Waals surface area contributed by atoms with Gasteiger partial charge < -0.3 is 4.74 Å². The molecule has 5 heteroatoms. The van der Waals surface area contributed by atoms with Gasteiger partial charge in [-0.25, -0.2) is 4.98 Å². The molecule has 0 spiro atoms. The molecule has 2 rings (SSSR count). The molecule has 0 amide bonds. The van der Waals surface area contributed by atoms with Gasteiger partial charge in [-0.1, -0.05) is 39.0 Å². The highest BCUT2D eigenvalue weighted by Gasteiger charge is 2.28. The van der Waals surface area contributed by atoms with Crippen molar-refractivity contribution in [1.82, 2.24) is 4.98 Å². The van der Waals surface area contributed by atoms with Gasteiger partial charge in [-0.15, -0.1) is 0 Å². The van der Waals surface area contributed by atoms with Crippen LogP contribution in [0, 0.1) is 0 Å². The van der Waals surface area contributed by atoms with Crippen LogP contribution in [-0.2, 0) is 5.41 Å². The molecule has 0 radical (unpaired) electrons. The molecule has 1 aromatic carbocycles. The van der Waals surface area contributed by atoms with E-state index in [1.807, 2.05) is 39.0 Å². The number of pyridine rings is 1.